The van der Waals surface area contributed by atoms with Crippen molar-refractivity contribution < 1.29 is 14.5 Å². The Morgan fingerprint density at radius 2 is 2.00 bits per heavy atom. The number of nitrogens with one attached hydrogen (secondary N) is 2. The molecule has 0 aliphatic rings. The number of anilines is 2. The Labute approximate surface area is 127 Å². The predicted molar refractivity (Wildman–Crippen MR) is 83.6 cm³/mol. The summed E-state index contributed by atoms with van der Waals surface area (Å²) in [6.07, 6.45) is 0. The molecule has 0 aromatic heterocycles. The van der Waals surface area contributed by atoms with E-state index in [1.165, 1.54) is 25.3 Å². The maximum atomic E-state index is 12.4. The number of hydrogen-bond donors (Lipinski definition) is 2. The molecule has 114 valence electrons. The van der Waals surface area contributed by atoms with Gasteiger partial charge >= 0.3 is 0 Å². The zero-order chi connectivity index (χ0) is 16.1. The Balaban J connectivity index is 2.31. The van der Waals surface area contributed by atoms with E-state index in [4.69, 9.17) is 4.74 Å². The molecule has 0 aliphatic heterocycles. The number of methoxy groups -OCH3 is 1. The Bertz CT molecular complexity index is 716. The number of hydrogen-bond acceptors (Lipinski definition) is 5. The van der Waals surface area contributed by atoms with Crippen molar-refractivity contribution in [1.29, 1.82) is 0 Å². The van der Waals surface area contributed by atoms with Gasteiger partial charge in [-0.15, -0.1) is 0 Å². The lowest BCUT2D eigenvalue weighted by atomic mass is 10.1. The molecule has 0 unspecified atom stereocenters. The number of rotatable bonds is 5. The molecule has 2 N–H and O–H groups in total. The van der Waals surface area contributed by atoms with E-state index in [-0.39, 0.29) is 11.3 Å². The molecular formula is C15H15N3O4. The minimum atomic E-state index is -0.540. The van der Waals surface area contributed by atoms with Gasteiger partial charge in [-0.3, -0.25) is 14.9 Å². The quantitative estimate of drug-likeness (QED) is 0.654. The Morgan fingerprint density at radius 1 is 1.23 bits per heavy atom. The molecule has 0 saturated heterocycles. The van der Waals surface area contributed by atoms with Crippen molar-refractivity contribution >= 4 is 23.0 Å². The van der Waals surface area contributed by atoms with Gasteiger partial charge in [0.2, 0.25) is 0 Å². The van der Waals surface area contributed by atoms with Crippen molar-refractivity contribution in [2.75, 3.05) is 24.8 Å². The first-order valence-corrected chi connectivity index (χ1v) is 6.46. The number of nitro groups is 1. The summed E-state index contributed by atoms with van der Waals surface area (Å²) in [5.74, 6) is 0.159. The molecule has 22 heavy (non-hydrogen) atoms. The van der Waals surface area contributed by atoms with Crippen molar-refractivity contribution in [2.24, 2.45) is 0 Å². The molecule has 2 aromatic carbocycles. The molecule has 0 spiro atoms. The van der Waals surface area contributed by atoms with Crippen LogP contribution in [0.15, 0.2) is 42.5 Å². The molecule has 0 atom stereocenters. The second-order valence-electron chi connectivity index (χ2n) is 4.42. The van der Waals surface area contributed by atoms with E-state index in [1.54, 1.807) is 31.3 Å². The fourth-order valence-electron chi connectivity index (χ4n) is 1.95. The average Bonchev–Trinajstić information content (AvgIpc) is 2.54. The van der Waals surface area contributed by atoms with Crippen LogP contribution < -0.4 is 15.4 Å². The number of nitro benzene ring substituents is 1. The van der Waals surface area contributed by atoms with Crippen LogP contribution in [0.5, 0.6) is 5.75 Å². The van der Waals surface area contributed by atoms with Crippen molar-refractivity contribution in [3.63, 3.8) is 0 Å². The highest BCUT2D eigenvalue weighted by atomic mass is 16.6. The van der Waals surface area contributed by atoms with Gasteiger partial charge in [0.25, 0.3) is 11.6 Å². The maximum Gasteiger partial charge on any atom is 0.270 e. The van der Waals surface area contributed by atoms with Crippen molar-refractivity contribution in [1.82, 2.24) is 0 Å². The molecule has 0 fully saturated rings. The lowest BCUT2D eigenvalue weighted by molar-refractivity contribution is -0.384. The third-order valence-corrected chi connectivity index (χ3v) is 3.06. The van der Waals surface area contributed by atoms with E-state index in [2.05, 4.69) is 10.6 Å². The van der Waals surface area contributed by atoms with E-state index in [0.717, 1.165) is 0 Å². The van der Waals surface area contributed by atoms with Gasteiger partial charge < -0.3 is 15.4 Å². The third-order valence-electron chi connectivity index (χ3n) is 3.06. The zero-order valence-corrected chi connectivity index (χ0v) is 12.1. The maximum absolute atomic E-state index is 12.4. The topological polar surface area (TPSA) is 93.5 Å². The van der Waals surface area contributed by atoms with Crippen LogP contribution >= 0.6 is 0 Å². The van der Waals surface area contributed by atoms with Gasteiger partial charge in [0.15, 0.2) is 0 Å². The van der Waals surface area contributed by atoms with Gasteiger partial charge in [-0.2, -0.15) is 0 Å². The summed E-state index contributed by atoms with van der Waals surface area (Å²) in [6.45, 7) is 0. The van der Waals surface area contributed by atoms with Gasteiger partial charge in [0.05, 0.1) is 17.6 Å². The second kappa shape index (κ2) is 6.57. The summed E-state index contributed by atoms with van der Waals surface area (Å²) in [4.78, 5) is 22.7. The highest BCUT2D eigenvalue weighted by molar-refractivity contribution is 6.08. The van der Waals surface area contributed by atoms with E-state index < -0.39 is 10.8 Å². The zero-order valence-electron chi connectivity index (χ0n) is 12.1. The summed E-state index contributed by atoms with van der Waals surface area (Å²) in [5.41, 5.74) is 1.10. The smallest absolute Gasteiger partial charge is 0.270 e. The first kappa shape index (κ1) is 15.3. The number of nitrogens with zero attached hydrogens (tertiary/aromatic N) is 1. The van der Waals surface area contributed by atoms with Crippen LogP contribution in [0.4, 0.5) is 17.1 Å². The standard InChI is InChI=1S/C15H15N3O4/c1-16-14-7-6-11(18(20)21)9-13(14)15(19)17-10-4-3-5-12(8-10)22-2/h3-9,16H,1-2H3,(H,17,19). The van der Waals surface area contributed by atoms with Gasteiger partial charge in [-0.25, -0.2) is 0 Å². The summed E-state index contributed by atoms with van der Waals surface area (Å²) in [6, 6.07) is 10.9. The Kier molecular flexibility index (Phi) is 4.57. The Hall–Kier alpha value is -3.09. The fourth-order valence-corrected chi connectivity index (χ4v) is 1.95. The molecule has 0 heterocycles. The second-order valence-corrected chi connectivity index (χ2v) is 4.42. The number of non-ortho nitro benzene ring substituents is 1. The average molecular weight is 301 g/mol. The summed E-state index contributed by atoms with van der Waals surface area (Å²) >= 11 is 0. The van der Waals surface area contributed by atoms with Gasteiger partial charge in [-0.1, -0.05) is 6.07 Å². The highest BCUT2D eigenvalue weighted by Crippen LogP contribution is 2.24. The van der Waals surface area contributed by atoms with Crippen molar-refractivity contribution in [3.8, 4) is 5.75 Å². The van der Waals surface area contributed by atoms with Crippen LogP contribution in [-0.4, -0.2) is 25.0 Å². The lowest BCUT2D eigenvalue weighted by Crippen LogP contribution is -2.14. The van der Waals surface area contributed by atoms with Crippen molar-refractivity contribution in [2.45, 2.75) is 0 Å². The van der Waals surface area contributed by atoms with Gasteiger partial charge in [0.1, 0.15) is 5.75 Å². The monoisotopic (exact) mass is 301 g/mol. The first-order valence-electron chi connectivity index (χ1n) is 6.46. The van der Waals surface area contributed by atoms with Crippen LogP contribution in [0.2, 0.25) is 0 Å². The lowest BCUT2D eigenvalue weighted by Gasteiger charge is -2.10. The van der Waals surface area contributed by atoms with Crippen LogP contribution in [0.25, 0.3) is 0 Å². The molecule has 0 saturated carbocycles. The van der Waals surface area contributed by atoms with E-state index in [0.29, 0.717) is 17.1 Å². The SMILES string of the molecule is CNc1ccc([N+](=O)[O-])cc1C(=O)Nc1cccc(OC)c1. The number of amides is 1. The van der Waals surface area contributed by atoms with E-state index in [1.807, 2.05) is 0 Å². The number of benzene rings is 2. The number of ether oxygens (including phenoxy) is 1. The van der Waals surface area contributed by atoms with Crippen LogP contribution in [0.3, 0.4) is 0 Å². The van der Waals surface area contributed by atoms with E-state index >= 15 is 0 Å². The van der Waals surface area contributed by atoms with Crippen LogP contribution in [-0.2, 0) is 0 Å². The Morgan fingerprint density at radius 3 is 2.64 bits per heavy atom. The molecule has 0 bridgehead atoms. The minimum absolute atomic E-state index is 0.144. The van der Waals surface area contributed by atoms with E-state index in [9.17, 15) is 14.9 Å². The number of carbonyl (C=O) groups is 1. The molecule has 7 nitrogen and oxygen atoms in total. The first-order chi connectivity index (χ1) is 10.5. The summed E-state index contributed by atoms with van der Waals surface area (Å²) in [5, 5.41) is 16.4. The molecule has 1 amide bonds. The fraction of sp³-hybridized carbons (Fsp3) is 0.133. The largest absolute Gasteiger partial charge is 0.497 e. The normalized spacial score (nSPS) is 9.91. The van der Waals surface area contributed by atoms with Gasteiger partial charge in [-0.05, 0) is 18.2 Å². The number of carbonyl (C=O) groups excluding carboxylic acids is 1. The molecule has 0 radical (unpaired) electrons. The molecule has 2 aromatic rings. The molecule has 2 rings (SSSR count). The van der Waals surface area contributed by atoms with Crippen molar-refractivity contribution in [3.05, 3.63) is 58.1 Å². The molecule has 0 aliphatic carbocycles. The molecular weight excluding hydrogens is 286 g/mol. The summed E-state index contributed by atoms with van der Waals surface area (Å²) in [7, 11) is 3.17. The van der Waals surface area contributed by atoms with Crippen LogP contribution in [0, 0.1) is 10.1 Å². The predicted octanol–water partition coefficient (Wildman–Crippen LogP) is 2.90. The summed E-state index contributed by atoms with van der Waals surface area (Å²) < 4.78 is 5.08. The third kappa shape index (κ3) is 3.32. The molecule has 7 heteroatoms. The van der Waals surface area contributed by atoms with Crippen LogP contribution in [0.1, 0.15) is 10.4 Å². The minimum Gasteiger partial charge on any atom is -0.497 e. The van der Waals surface area contributed by atoms with Gasteiger partial charge in [0, 0.05) is 36.6 Å². The highest BCUT2D eigenvalue weighted by Gasteiger charge is 2.16.